The van der Waals surface area contributed by atoms with Gasteiger partial charge in [-0.3, -0.25) is 0 Å². The standard InChI is InChI=1S/C14H18O3/c1-14(2,3)11(13(15)16)9-10-7-5-6-8-12(10)17-4/h5-9H,1-4H3,(H,15,16). The summed E-state index contributed by atoms with van der Waals surface area (Å²) in [6, 6.07) is 7.37. The molecular weight excluding hydrogens is 216 g/mol. The minimum absolute atomic E-state index is 0.363. The third kappa shape index (κ3) is 3.34. The van der Waals surface area contributed by atoms with Gasteiger partial charge in [0, 0.05) is 11.1 Å². The summed E-state index contributed by atoms with van der Waals surface area (Å²) in [6.45, 7) is 5.63. The van der Waals surface area contributed by atoms with Gasteiger partial charge < -0.3 is 9.84 Å². The van der Waals surface area contributed by atoms with Crippen molar-refractivity contribution in [3.05, 3.63) is 35.4 Å². The van der Waals surface area contributed by atoms with E-state index >= 15 is 0 Å². The minimum atomic E-state index is -0.900. The molecule has 1 aromatic rings. The molecule has 0 saturated heterocycles. The average Bonchev–Trinajstić information content (AvgIpc) is 2.24. The molecular formula is C14H18O3. The van der Waals surface area contributed by atoms with Crippen molar-refractivity contribution in [1.82, 2.24) is 0 Å². The summed E-state index contributed by atoms with van der Waals surface area (Å²) in [5.74, 6) is -0.223. The van der Waals surface area contributed by atoms with Crippen molar-refractivity contribution in [1.29, 1.82) is 0 Å². The summed E-state index contributed by atoms with van der Waals surface area (Å²) >= 11 is 0. The number of ether oxygens (including phenoxy) is 1. The Morgan fingerprint density at radius 3 is 2.35 bits per heavy atom. The maximum absolute atomic E-state index is 11.2. The van der Waals surface area contributed by atoms with Crippen molar-refractivity contribution in [2.45, 2.75) is 20.8 Å². The van der Waals surface area contributed by atoms with Gasteiger partial charge in [-0.1, -0.05) is 39.0 Å². The fourth-order valence-corrected chi connectivity index (χ4v) is 1.54. The number of para-hydroxylation sites is 1. The normalized spacial score (nSPS) is 12.4. The molecule has 0 radical (unpaired) electrons. The van der Waals surface area contributed by atoms with Gasteiger partial charge in [-0.05, 0) is 17.6 Å². The Hall–Kier alpha value is -1.77. The van der Waals surface area contributed by atoms with Crippen molar-refractivity contribution >= 4 is 12.0 Å². The van der Waals surface area contributed by atoms with Crippen molar-refractivity contribution in [3.63, 3.8) is 0 Å². The summed E-state index contributed by atoms with van der Waals surface area (Å²) in [5, 5.41) is 9.22. The first-order valence-corrected chi connectivity index (χ1v) is 5.44. The van der Waals surface area contributed by atoms with Gasteiger partial charge >= 0.3 is 5.97 Å². The lowest BCUT2D eigenvalue weighted by molar-refractivity contribution is -0.133. The van der Waals surface area contributed by atoms with E-state index in [-0.39, 0.29) is 0 Å². The monoisotopic (exact) mass is 234 g/mol. The average molecular weight is 234 g/mol. The van der Waals surface area contributed by atoms with Gasteiger partial charge in [0.25, 0.3) is 0 Å². The zero-order valence-corrected chi connectivity index (χ0v) is 10.7. The van der Waals surface area contributed by atoms with E-state index in [9.17, 15) is 9.90 Å². The smallest absolute Gasteiger partial charge is 0.332 e. The Bertz CT molecular complexity index is 439. The molecule has 1 N–H and O–H groups in total. The lowest BCUT2D eigenvalue weighted by atomic mass is 9.85. The summed E-state index contributed by atoms with van der Waals surface area (Å²) in [4.78, 5) is 11.2. The van der Waals surface area contributed by atoms with Crippen LogP contribution in [-0.2, 0) is 4.79 Å². The molecule has 0 aliphatic carbocycles. The van der Waals surface area contributed by atoms with Crippen LogP contribution < -0.4 is 4.74 Å². The molecule has 0 saturated carbocycles. The van der Waals surface area contributed by atoms with Gasteiger partial charge in [-0.2, -0.15) is 0 Å². The highest BCUT2D eigenvalue weighted by molar-refractivity contribution is 5.93. The van der Waals surface area contributed by atoms with E-state index in [1.54, 1.807) is 13.2 Å². The van der Waals surface area contributed by atoms with Crippen LogP contribution in [0.25, 0.3) is 6.08 Å². The van der Waals surface area contributed by atoms with Crippen molar-refractivity contribution < 1.29 is 14.6 Å². The van der Waals surface area contributed by atoms with Crippen molar-refractivity contribution in [3.8, 4) is 5.75 Å². The Balaban J connectivity index is 3.27. The second-order valence-electron chi connectivity index (χ2n) is 4.86. The molecule has 0 atom stereocenters. The number of carbonyl (C=O) groups is 1. The van der Waals surface area contributed by atoms with Gasteiger partial charge in [0.15, 0.2) is 0 Å². The van der Waals surface area contributed by atoms with E-state index in [1.807, 2.05) is 45.0 Å². The first-order chi connectivity index (χ1) is 7.86. The number of hydrogen-bond acceptors (Lipinski definition) is 2. The maximum Gasteiger partial charge on any atom is 0.332 e. The van der Waals surface area contributed by atoms with E-state index in [0.717, 1.165) is 5.56 Å². The molecule has 1 aromatic carbocycles. The Morgan fingerprint density at radius 2 is 1.88 bits per heavy atom. The molecule has 92 valence electrons. The molecule has 0 heterocycles. The van der Waals surface area contributed by atoms with Crippen molar-refractivity contribution in [2.75, 3.05) is 7.11 Å². The molecule has 0 aliphatic rings. The Kier molecular flexibility index (Phi) is 3.94. The quantitative estimate of drug-likeness (QED) is 0.817. The van der Waals surface area contributed by atoms with E-state index in [2.05, 4.69) is 0 Å². The number of methoxy groups -OCH3 is 1. The first-order valence-electron chi connectivity index (χ1n) is 5.44. The molecule has 0 amide bonds. The Morgan fingerprint density at radius 1 is 1.29 bits per heavy atom. The van der Waals surface area contributed by atoms with E-state index in [1.165, 1.54) is 0 Å². The molecule has 1 rings (SSSR count). The van der Waals surface area contributed by atoms with Crippen LogP contribution in [-0.4, -0.2) is 18.2 Å². The molecule has 0 spiro atoms. The van der Waals surface area contributed by atoms with Gasteiger partial charge in [0.1, 0.15) is 5.75 Å². The Labute approximate surface area is 102 Å². The second-order valence-corrected chi connectivity index (χ2v) is 4.86. The molecule has 0 aromatic heterocycles. The number of aliphatic carboxylic acids is 1. The highest BCUT2D eigenvalue weighted by atomic mass is 16.5. The van der Waals surface area contributed by atoms with Crippen LogP contribution in [0, 0.1) is 5.41 Å². The highest BCUT2D eigenvalue weighted by Gasteiger charge is 2.23. The number of rotatable bonds is 3. The van der Waals surface area contributed by atoms with Crippen LogP contribution in [0.3, 0.4) is 0 Å². The van der Waals surface area contributed by atoms with Crippen LogP contribution >= 0.6 is 0 Å². The van der Waals surface area contributed by atoms with Crippen LogP contribution in [0.5, 0.6) is 5.75 Å². The lowest BCUT2D eigenvalue weighted by Crippen LogP contribution is -2.17. The first kappa shape index (κ1) is 13.3. The van der Waals surface area contributed by atoms with Gasteiger partial charge in [0.05, 0.1) is 7.11 Å². The molecule has 0 bridgehead atoms. The third-order valence-corrected chi connectivity index (χ3v) is 2.48. The largest absolute Gasteiger partial charge is 0.496 e. The fraction of sp³-hybridized carbons (Fsp3) is 0.357. The van der Waals surface area contributed by atoms with Gasteiger partial charge in [-0.15, -0.1) is 0 Å². The minimum Gasteiger partial charge on any atom is -0.496 e. The second kappa shape index (κ2) is 5.04. The zero-order valence-electron chi connectivity index (χ0n) is 10.7. The lowest BCUT2D eigenvalue weighted by Gasteiger charge is -2.19. The number of carboxylic acids is 1. The van der Waals surface area contributed by atoms with Crippen LogP contribution in [0.1, 0.15) is 26.3 Å². The zero-order chi connectivity index (χ0) is 13.1. The molecule has 17 heavy (non-hydrogen) atoms. The molecule has 3 nitrogen and oxygen atoms in total. The molecule has 0 aliphatic heterocycles. The van der Waals surface area contributed by atoms with Crippen molar-refractivity contribution in [2.24, 2.45) is 5.41 Å². The highest BCUT2D eigenvalue weighted by Crippen LogP contribution is 2.29. The maximum atomic E-state index is 11.2. The SMILES string of the molecule is COc1ccccc1C=C(C(=O)O)C(C)(C)C. The van der Waals surface area contributed by atoms with E-state index in [0.29, 0.717) is 11.3 Å². The number of hydrogen-bond donors (Lipinski definition) is 1. The predicted molar refractivity (Wildman–Crippen MR) is 68.1 cm³/mol. The fourth-order valence-electron chi connectivity index (χ4n) is 1.54. The van der Waals surface area contributed by atoms with E-state index < -0.39 is 11.4 Å². The summed E-state index contributed by atoms with van der Waals surface area (Å²) in [5.41, 5.74) is 0.733. The summed E-state index contributed by atoms with van der Waals surface area (Å²) < 4.78 is 5.20. The van der Waals surface area contributed by atoms with Gasteiger partial charge in [-0.25, -0.2) is 4.79 Å². The molecule has 0 unspecified atom stereocenters. The van der Waals surface area contributed by atoms with Crippen LogP contribution in [0.15, 0.2) is 29.8 Å². The van der Waals surface area contributed by atoms with Gasteiger partial charge in [0.2, 0.25) is 0 Å². The topological polar surface area (TPSA) is 46.5 Å². The van der Waals surface area contributed by atoms with Crippen LogP contribution in [0.2, 0.25) is 0 Å². The molecule has 3 heteroatoms. The van der Waals surface area contributed by atoms with E-state index in [4.69, 9.17) is 4.74 Å². The summed E-state index contributed by atoms with van der Waals surface area (Å²) in [7, 11) is 1.57. The predicted octanol–water partition coefficient (Wildman–Crippen LogP) is 3.21. The number of benzene rings is 1. The number of carboxylic acid groups (broad SMARTS) is 1. The summed E-state index contributed by atoms with van der Waals surface area (Å²) in [6.07, 6.45) is 1.67. The third-order valence-electron chi connectivity index (χ3n) is 2.48. The molecule has 0 fully saturated rings. The van der Waals surface area contributed by atoms with Crippen LogP contribution in [0.4, 0.5) is 0 Å².